The van der Waals surface area contributed by atoms with Gasteiger partial charge in [-0.1, -0.05) is 18.6 Å². The SMILES string of the molecule is CCS(=O)(=O)c1ccc(C)cc1-c1csc(CCNC)n1. The summed E-state index contributed by atoms with van der Waals surface area (Å²) < 4.78 is 24.5. The summed E-state index contributed by atoms with van der Waals surface area (Å²) in [6, 6.07) is 5.43. The largest absolute Gasteiger partial charge is 0.319 e. The number of benzene rings is 1. The van der Waals surface area contributed by atoms with Crippen LogP contribution in [0.15, 0.2) is 28.5 Å². The van der Waals surface area contributed by atoms with Gasteiger partial charge in [-0.15, -0.1) is 11.3 Å². The lowest BCUT2D eigenvalue weighted by atomic mass is 10.1. The summed E-state index contributed by atoms with van der Waals surface area (Å²) in [6.07, 6.45) is 0.850. The smallest absolute Gasteiger partial charge is 0.178 e. The topological polar surface area (TPSA) is 59.1 Å². The van der Waals surface area contributed by atoms with Crippen LogP contribution >= 0.6 is 11.3 Å². The molecule has 0 spiro atoms. The van der Waals surface area contributed by atoms with Crippen LogP contribution in [-0.4, -0.2) is 32.7 Å². The molecule has 2 rings (SSSR count). The third-order valence-electron chi connectivity index (χ3n) is 3.27. The second kappa shape index (κ2) is 6.68. The number of thiazole rings is 1. The first-order chi connectivity index (χ1) is 9.97. The molecule has 0 amide bonds. The maximum atomic E-state index is 12.3. The van der Waals surface area contributed by atoms with Gasteiger partial charge < -0.3 is 5.32 Å². The van der Waals surface area contributed by atoms with Crippen molar-refractivity contribution in [2.45, 2.75) is 25.2 Å². The highest BCUT2D eigenvalue weighted by Gasteiger charge is 2.19. The van der Waals surface area contributed by atoms with Crippen LogP contribution < -0.4 is 5.32 Å². The van der Waals surface area contributed by atoms with E-state index < -0.39 is 9.84 Å². The summed E-state index contributed by atoms with van der Waals surface area (Å²) in [6.45, 7) is 4.49. The van der Waals surface area contributed by atoms with Crippen LogP contribution in [0.4, 0.5) is 0 Å². The van der Waals surface area contributed by atoms with Crippen LogP contribution in [0.25, 0.3) is 11.3 Å². The van der Waals surface area contributed by atoms with Crippen molar-refractivity contribution in [3.8, 4) is 11.3 Å². The van der Waals surface area contributed by atoms with E-state index in [1.165, 1.54) is 0 Å². The Morgan fingerprint density at radius 1 is 1.33 bits per heavy atom. The minimum absolute atomic E-state index is 0.0970. The Hall–Kier alpha value is -1.24. The maximum Gasteiger partial charge on any atom is 0.178 e. The summed E-state index contributed by atoms with van der Waals surface area (Å²) in [5, 5.41) is 6.04. The molecule has 114 valence electrons. The van der Waals surface area contributed by atoms with Gasteiger partial charge >= 0.3 is 0 Å². The van der Waals surface area contributed by atoms with E-state index in [9.17, 15) is 8.42 Å². The molecule has 1 heterocycles. The monoisotopic (exact) mass is 324 g/mol. The molecule has 2 aromatic rings. The van der Waals surface area contributed by atoms with Gasteiger partial charge in [0.2, 0.25) is 0 Å². The molecule has 0 saturated carbocycles. The normalized spacial score (nSPS) is 11.8. The van der Waals surface area contributed by atoms with E-state index in [0.29, 0.717) is 10.5 Å². The Bertz CT molecular complexity index is 721. The number of likely N-dealkylation sites (N-methyl/N-ethyl adjacent to an activating group) is 1. The van der Waals surface area contributed by atoms with E-state index in [1.807, 2.05) is 31.5 Å². The van der Waals surface area contributed by atoms with E-state index in [4.69, 9.17) is 0 Å². The summed E-state index contributed by atoms with van der Waals surface area (Å²) >= 11 is 1.57. The van der Waals surface area contributed by atoms with E-state index >= 15 is 0 Å². The Morgan fingerprint density at radius 3 is 2.76 bits per heavy atom. The van der Waals surface area contributed by atoms with Crippen molar-refractivity contribution >= 4 is 21.2 Å². The van der Waals surface area contributed by atoms with Gasteiger partial charge in [-0.25, -0.2) is 13.4 Å². The average molecular weight is 324 g/mol. The molecule has 1 aromatic heterocycles. The van der Waals surface area contributed by atoms with Gasteiger partial charge in [-0.05, 0) is 26.1 Å². The summed E-state index contributed by atoms with van der Waals surface area (Å²) in [5.41, 5.74) is 2.50. The van der Waals surface area contributed by atoms with E-state index in [-0.39, 0.29) is 5.75 Å². The summed E-state index contributed by atoms with van der Waals surface area (Å²) in [5.74, 6) is 0.0970. The molecule has 21 heavy (non-hydrogen) atoms. The molecule has 0 bridgehead atoms. The van der Waals surface area contributed by atoms with Crippen LogP contribution in [0.5, 0.6) is 0 Å². The molecule has 0 unspecified atom stereocenters. The molecule has 6 heteroatoms. The predicted octanol–water partition coefficient (Wildman–Crippen LogP) is 2.67. The molecule has 0 aliphatic carbocycles. The van der Waals surface area contributed by atoms with Gasteiger partial charge in [0.1, 0.15) is 0 Å². The second-order valence-electron chi connectivity index (χ2n) is 4.88. The third kappa shape index (κ3) is 3.70. The molecule has 0 saturated heterocycles. The number of hydrogen-bond acceptors (Lipinski definition) is 5. The molecule has 0 atom stereocenters. The zero-order valence-electron chi connectivity index (χ0n) is 12.5. The highest BCUT2D eigenvalue weighted by Crippen LogP contribution is 2.30. The van der Waals surface area contributed by atoms with Crippen LogP contribution in [0.3, 0.4) is 0 Å². The molecule has 1 N–H and O–H groups in total. The summed E-state index contributed by atoms with van der Waals surface area (Å²) in [4.78, 5) is 4.96. The minimum Gasteiger partial charge on any atom is -0.319 e. The lowest BCUT2D eigenvalue weighted by Crippen LogP contribution is -2.10. The zero-order chi connectivity index (χ0) is 15.5. The summed E-state index contributed by atoms with van der Waals surface area (Å²) in [7, 11) is -1.35. The standard InChI is InChI=1S/C15H20N2O2S2/c1-4-21(18,19)14-6-5-11(2)9-12(14)13-10-20-15(17-13)7-8-16-3/h5-6,9-10,16H,4,7-8H2,1-3H3. The Morgan fingerprint density at radius 2 is 2.10 bits per heavy atom. The third-order valence-corrected chi connectivity index (χ3v) is 5.96. The van der Waals surface area contributed by atoms with Gasteiger partial charge in [-0.3, -0.25) is 0 Å². The van der Waals surface area contributed by atoms with Gasteiger partial charge in [0, 0.05) is 23.9 Å². The predicted molar refractivity (Wildman–Crippen MR) is 87.6 cm³/mol. The number of nitrogens with zero attached hydrogens (tertiary/aromatic N) is 1. The first-order valence-corrected chi connectivity index (χ1v) is 9.44. The molecular formula is C15H20N2O2S2. The van der Waals surface area contributed by atoms with Crippen LogP contribution in [0.2, 0.25) is 0 Å². The Labute approximate surface area is 130 Å². The Kier molecular flexibility index (Phi) is 5.13. The minimum atomic E-state index is -3.25. The van der Waals surface area contributed by atoms with Crippen molar-refractivity contribution in [1.29, 1.82) is 0 Å². The lowest BCUT2D eigenvalue weighted by molar-refractivity contribution is 0.597. The van der Waals surface area contributed by atoms with Crippen LogP contribution in [0.1, 0.15) is 17.5 Å². The highest BCUT2D eigenvalue weighted by atomic mass is 32.2. The van der Waals surface area contributed by atoms with Crippen LogP contribution in [0, 0.1) is 6.92 Å². The van der Waals surface area contributed by atoms with E-state index in [1.54, 1.807) is 24.3 Å². The first-order valence-electron chi connectivity index (χ1n) is 6.90. The molecule has 0 aliphatic heterocycles. The number of aryl methyl sites for hydroxylation is 1. The molecule has 4 nitrogen and oxygen atoms in total. The number of nitrogens with one attached hydrogen (secondary N) is 1. The second-order valence-corrected chi connectivity index (χ2v) is 8.07. The van der Waals surface area contributed by atoms with Crippen molar-refractivity contribution in [2.24, 2.45) is 0 Å². The van der Waals surface area contributed by atoms with Crippen LogP contribution in [-0.2, 0) is 16.3 Å². The molecule has 0 radical (unpaired) electrons. The van der Waals surface area contributed by atoms with E-state index in [2.05, 4.69) is 10.3 Å². The molecule has 0 fully saturated rings. The highest BCUT2D eigenvalue weighted by molar-refractivity contribution is 7.91. The van der Waals surface area contributed by atoms with E-state index in [0.717, 1.165) is 29.2 Å². The average Bonchev–Trinajstić information content (AvgIpc) is 2.93. The maximum absolute atomic E-state index is 12.3. The van der Waals surface area contributed by atoms with Crippen molar-refractivity contribution in [1.82, 2.24) is 10.3 Å². The fourth-order valence-corrected chi connectivity index (χ4v) is 3.94. The number of aromatic nitrogens is 1. The number of rotatable bonds is 6. The number of hydrogen-bond donors (Lipinski definition) is 1. The quantitative estimate of drug-likeness (QED) is 0.887. The number of sulfone groups is 1. The fraction of sp³-hybridized carbons (Fsp3) is 0.400. The zero-order valence-corrected chi connectivity index (χ0v) is 14.1. The lowest BCUT2D eigenvalue weighted by Gasteiger charge is -2.08. The van der Waals surface area contributed by atoms with Gasteiger partial charge in [0.15, 0.2) is 9.84 Å². The molecule has 1 aromatic carbocycles. The van der Waals surface area contributed by atoms with Crippen molar-refractivity contribution in [2.75, 3.05) is 19.3 Å². The van der Waals surface area contributed by atoms with Gasteiger partial charge in [-0.2, -0.15) is 0 Å². The van der Waals surface area contributed by atoms with Crippen molar-refractivity contribution in [3.63, 3.8) is 0 Å². The van der Waals surface area contributed by atoms with Gasteiger partial charge in [0.25, 0.3) is 0 Å². The first kappa shape index (κ1) is 16.1. The molecular weight excluding hydrogens is 304 g/mol. The van der Waals surface area contributed by atoms with Gasteiger partial charge in [0.05, 0.1) is 21.3 Å². The van der Waals surface area contributed by atoms with Crippen molar-refractivity contribution in [3.05, 3.63) is 34.2 Å². The fourth-order valence-electron chi connectivity index (χ4n) is 2.05. The molecule has 0 aliphatic rings. The van der Waals surface area contributed by atoms with Crippen molar-refractivity contribution < 1.29 is 8.42 Å². The Balaban J connectivity index is 2.47.